The van der Waals surface area contributed by atoms with Gasteiger partial charge in [0, 0.05) is 25.2 Å². The second-order valence-corrected chi connectivity index (χ2v) is 5.38. The number of hydrogen-bond acceptors (Lipinski definition) is 4. The van der Waals surface area contributed by atoms with E-state index in [0.717, 1.165) is 5.69 Å². The maximum atomic E-state index is 12.0. The first-order chi connectivity index (χ1) is 7.16. The smallest absolute Gasteiger partial charge is 0.274 e. The highest BCUT2D eigenvalue weighted by molar-refractivity contribution is 7.94. The number of pyridine rings is 1. The van der Waals surface area contributed by atoms with Crippen LogP contribution in [0.2, 0.25) is 0 Å². The summed E-state index contributed by atoms with van der Waals surface area (Å²) in [4.78, 5) is 8.47. The standard InChI is InChI=1S/C9H12BN3OS/c1-3-15(14,13-10)9-5-4-8(6-11-2)12-7-9/h4-7H,3H2,1-2H3. The minimum atomic E-state index is -2.48. The van der Waals surface area contributed by atoms with Crippen molar-refractivity contribution in [2.45, 2.75) is 11.8 Å². The molecule has 0 aliphatic heterocycles. The van der Waals surface area contributed by atoms with E-state index in [1.807, 2.05) is 0 Å². The average molecular weight is 221 g/mol. The monoisotopic (exact) mass is 221 g/mol. The van der Waals surface area contributed by atoms with Crippen LogP contribution in [0.5, 0.6) is 0 Å². The first-order valence-electron chi connectivity index (χ1n) is 4.48. The summed E-state index contributed by atoms with van der Waals surface area (Å²) in [6, 6.07) is 3.45. The number of rotatable bonds is 3. The molecule has 0 aromatic carbocycles. The second-order valence-electron chi connectivity index (χ2n) is 2.84. The van der Waals surface area contributed by atoms with Gasteiger partial charge in [-0.05, 0) is 12.1 Å². The zero-order valence-corrected chi connectivity index (χ0v) is 9.57. The molecule has 0 N–H and O–H groups in total. The van der Waals surface area contributed by atoms with Gasteiger partial charge in [-0.25, -0.2) is 4.21 Å². The van der Waals surface area contributed by atoms with Crippen molar-refractivity contribution >= 4 is 23.9 Å². The molecule has 0 amide bonds. The molecule has 0 spiro atoms. The lowest BCUT2D eigenvalue weighted by Gasteiger charge is -2.06. The minimum absolute atomic E-state index is 0.381. The van der Waals surface area contributed by atoms with Gasteiger partial charge in [-0.3, -0.25) is 9.98 Å². The molecule has 0 aliphatic rings. The first kappa shape index (κ1) is 11.9. The Balaban J connectivity index is 3.15. The van der Waals surface area contributed by atoms with Crippen LogP contribution in [0.15, 0.2) is 32.5 Å². The van der Waals surface area contributed by atoms with Crippen LogP contribution in [0.3, 0.4) is 0 Å². The Morgan fingerprint density at radius 2 is 2.33 bits per heavy atom. The van der Waals surface area contributed by atoms with Gasteiger partial charge < -0.3 is 4.27 Å². The molecular formula is C9H12BN3OS. The van der Waals surface area contributed by atoms with Crippen molar-refractivity contribution in [2.75, 3.05) is 12.8 Å². The van der Waals surface area contributed by atoms with Crippen molar-refractivity contribution < 1.29 is 4.21 Å². The predicted molar refractivity (Wildman–Crippen MR) is 62.9 cm³/mol. The first-order valence-corrected chi connectivity index (χ1v) is 6.17. The molecule has 1 aromatic rings. The molecule has 1 heterocycles. The Kier molecular flexibility index (Phi) is 4.02. The number of aliphatic imine (C=N–C) groups is 1. The largest absolute Gasteiger partial charge is 0.309 e. The van der Waals surface area contributed by atoms with Crippen LogP contribution in [-0.4, -0.2) is 36.2 Å². The number of nitrogens with zero attached hydrogens (tertiary/aromatic N) is 3. The van der Waals surface area contributed by atoms with Gasteiger partial charge in [0.05, 0.1) is 20.3 Å². The van der Waals surface area contributed by atoms with E-state index in [4.69, 9.17) is 7.98 Å². The van der Waals surface area contributed by atoms with E-state index in [1.54, 1.807) is 32.3 Å². The third-order valence-electron chi connectivity index (χ3n) is 1.95. The van der Waals surface area contributed by atoms with E-state index < -0.39 is 9.73 Å². The summed E-state index contributed by atoms with van der Waals surface area (Å²) in [6.07, 6.45) is 3.15. The van der Waals surface area contributed by atoms with Gasteiger partial charge in [-0.15, -0.1) is 0 Å². The van der Waals surface area contributed by atoms with Crippen molar-refractivity contribution in [3.63, 3.8) is 0 Å². The van der Waals surface area contributed by atoms with Gasteiger partial charge in [0.1, 0.15) is 0 Å². The summed E-state index contributed by atoms with van der Waals surface area (Å²) in [5.41, 5.74) is 0.719. The molecule has 2 radical (unpaired) electrons. The molecule has 4 nitrogen and oxygen atoms in total. The highest BCUT2D eigenvalue weighted by Crippen LogP contribution is 2.11. The van der Waals surface area contributed by atoms with Gasteiger partial charge >= 0.3 is 0 Å². The van der Waals surface area contributed by atoms with Crippen molar-refractivity contribution in [2.24, 2.45) is 9.27 Å². The molecule has 6 heteroatoms. The van der Waals surface area contributed by atoms with Crippen LogP contribution < -0.4 is 0 Å². The van der Waals surface area contributed by atoms with Crippen LogP contribution >= 0.6 is 0 Å². The van der Waals surface area contributed by atoms with Crippen molar-refractivity contribution in [3.8, 4) is 0 Å². The van der Waals surface area contributed by atoms with Crippen molar-refractivity contribution in [1.82, 2.24) is 4.98 Å². The Hall–Kier alpha value is -1.17. The Labute approximate surface area is 91.5 Å². The molecule has 0 saturated carbocycles. The van der Waals surface area contributed by atoms with Crippen LogP contribution in [-0.2, 0) is 9.73 Å². The number of aromatic nitrogens is 1. The third kappa shape index (κ3) is 2.65. The van der Waals surface area contributed by atoms with Gasteiger partial charge in [-0.1, -0.05) is 6.92 Å². The van der Waals surface area contributed by atoms with Crippen LogP contribution in [0.25, 0.3) is 0 Å². The fourth-order valence-corrected chi connectivity index (χ4v) is 2.19. The predicted octanol–water partition coefficient (Wildman–Crippen LogP) is 1.06. The topological polar surface area (TPSA) is 54.7 Å². The molecule has 0 fully saturated rings. The normalized spacial score (nSPS) is 15.1. The molecule has 1 aromatic heterocycles. The summed E-state index contributed by atoms with van der Waals surface area (Å²) < 4.78 is 15.5. The molecule has 78 valence electrons. The lowest BCUT2D eigenvalue weighted by Crippen LogP contribution is -2.04. The van der Waals surface area contributed by atoms with Gasteiger partial charge in [0.25, 0.3) is 7.98 Å². The van der Waals surface area contributed by atoms with Crippen LogP contribution in [0.4, 0.5) is 0 Å². The summed E-state index contributed by atoms with van der Waals surface area (Å²) in [5.74, 6) is 0.381. The van der Waals surface area contributed by atoms with E-state index in [-0.39, 0.29) is 0 Å². The fourth-order valence-electron chi connectivity index (χ4n) is 1.09. The maximum Gasteiger partial charge on any atom is 0.274 e. The second kappa shape index (κ2) is 5.07. The molecule has 0 bridgehead atoms. The SMILES string of the molecule is [B]N=S(=O)(CC)c1ccc(C=NC)nc1. The van der Waals surface area contributed by atoms with Crippen molar-refractivity contribution in [3.05, 3.63) is 24.0 Å². The molecular weight excluding hydrogens is 209 g/mol. The van der Waals surface area contributed by atoms with Crippen LogP contribution in [0, 0.1) is 0 Å². The van der Waals surface area contributed by atoms with E-state index >= 15 is 0 Å². The Morgan fingerprint density at radius 3 is 2.73 bits per heavy atom. The van der Waals surface area contributed by atoms with Gasteiger partial charge in [0.2, 0.25) is 0 Å². The van der Waals surface area contributed by atoms with Crippen molar-refractivity contribution in [1.29, 1.82) is 0 Å². The van der Waals surface area contributed by atoms with E-state index in [0.29, 0.717) is 10.6 Å². The fraction of sp³-hybridized carbons (Fsp3) is 0.333. The van der Waals surface area contributed by atoms with E-state index in [1.165, 1.54) is 6.20 Å². The molecule has 0 aliphatic carbocycles. The lowest BCUT2D eigenvalue weighted by atomic mass is 10.4. The van der Waals surface area contributed by atoms with Gasteiger partial charge in [0.15, 0.2) is 0 Å². The molecule has 1 unspecified atom stereocenters. The Bertz CT molecular complexity index is 461. The minimum Gasteiger partial charge on any atom is -0.309 e. The third-order valence-corrected chi connectivity index (χ3v) is 4.05. The Morgan fingerprint density at radius 1 is 1.60 bits per heavy atom. The summed E-state index contributed by atoms with van der Waals surface area (Å²) in [6.45, 7) is 1.78. The highest BCUT2D eigenvalue weighted by atomic mass is 32.2. The van der Waals surface area contributed by atoms with E-state index in [9.17, 15) is 4.21 Å². The maximum absolute atomic E-state index is 12.0. The molecule has 0 saturated heterocycles. The zero-order chi connectivity index (χ0) is 11.3. The van der Waals surface area contributed by atoms with Crippen LogP contribution in [0.1, 0.15) is 12.6 Å². The van der Waals surface area contributed by atoms with Gasteiger partial charge in [-0.2, -0.15) is 0 Å². The molecule has 15 heavy (non-hydrogen) atoms. The summed E-state index contributed by atoms with van der Waals surface area (Å²) in [5, 5.41) is 0. The average Bonchev–Trinajstić information content (AvgIpc) is 2.29. The summed E-state index contributed by atoms with van der Waals surface area (Å²) >= 11 is 0. The molecule has 1 rings (SSSR count). The quantitative estimate of drug-likeness (QED) is 0.566. The van der Waals surface area contributed by atoms with E-state index in [2.05, 4.69) is 14.3 Å². The number of hydrogen-bond donors (Lipinski definition) is 0. The summed E-state index contributed by atoms with van der Waals surface area (Å²) in [7, 11) is 4.33. The molecule has 1 atom stereocenters. The highest BCUT2D eigenvalue weighted by Gasteiger charge is 2.08. The zero-order valence-electron chi connectivity index (χ0n) is 8.75. The lowest BCUT2D eigenvalue weighted by molar-refractivity contribution is 0.678.